The van der Waals surface area contributed by atoms with Crippen molar-refractivity contribution in [1.29, 1.82) is 0 Å². The second-order valence-corrected chi connectivity index (χ2v) is 3.00. The third-order valence-corrected chi connectivity index (χ3v) is 2.07. The Hall–Kier alpha value is 1.02. The van der Waals surface area contributed by atoms with Gasteiger partial charge in [0, 0.05) is 26.2 Å². The Balaban J connectivity index is 0.000001000. The van der Waals surface area contributed by atoms with Gasteiger partial charge in [0.25, 0.3) is 0 Å². The summed E-state index contributed by atoms with van der Waals surface area (Å²) in [5.74, 6) is 0. The normalized spacial score (nSPS) is 21.3. The van der Waals surface area contributed by atoms with Gasteiger partial charge in [0.1, 0.15) is 0 Å². The molecular weight excluding hydrogens is 213 g/mol. The van der Waals surface area contributed by atoms with Gasteiger partial charge in [0.05, 0.1) is 0 Å². The van der Waals surface area contributed by atoms with Gasteiger partial charge in [-0.25, -0.2) is 0 Å². The molecule has 0 bridgehead atoms. The van der Waals surface area contributed by atoms with E-state index in [1.807, 2.05) is 0 Å². The van der Waals surface area contributed by atoms with Crippen molar-refractivity contribution >= 4 is 0 Å². The van der Waals surface area contributed by atoms with Crippen molar-refractivity contribution in [1.82, 2.24) is 9.80 Å². The van der Waals surface area contributed by atoms with Crippen LogP contribution in [0.3, 0.4) is 0 Å². The van der Waals surface area contributed by atoms with Crippen molar-refractivity contribution in [2.45, 2.75) is 6.42 Å². The van der Waals surface area contributed by atoms with Crippen LogP contribution in [0.5, 0.6) is 0 Å². The maximum absolute atomic E-state index is 3.84. The maximum atomic E-state index is 3.84. The van der Waals surface area contributed by atoms with E-state index in [1.54, 1.807) is 0 Å². The molecule has 0 atom stereocenters. The molecule has 0 aliphatic carbocycles. The van der Waals surface area contributed by atoms with Crippen molar-refractivity contribution in [3.63, 3.8) is 0 Å². The SMILES string of the molecule is [CH2-]CCN1CCN(C)CC1.[Y+3]. The molecule has 11 heavy (non-hydrogen) atoms. The van der Waals surface area contributed by atoms with Gasteiger partial charge >= 0.3 is 32.7 Å². The summed E-state index contributed by atoms with van der Waals surface area (Å²) in [5, 5.41) is 0. The van der Waals surface area contributed by atoms with E-state index in [1.165, 1.54) is 32.7 Å². The monoisotopic (exact) mass is 230 g/mol. The van der Waals surface area contributed by atoms with E-state index in [9.17, 15) is 0 Å². The fraction of sp³-hybridized carbons (Fsp3) is 0.875. The van der Waals surface area contributed by atoms with E-state index in [0.29, 0.717) is 0 Å². The first-order valence-corrected chi connectivity index (χ1v) is 4.03. The molecule has 1 fully saturated rings. The minimum atomic E-state index is 0. The minimum Gasteiger partial charge on any atom is -0.342 e. The number of nitrogens with zero attached hydrogens (tertiary/aromatic N) is 2. The van der Waals surface area contributed by atoms with Gasteiger partial charge in [0.15, 0.2) is 0 Å². The zero-order valence-electron chi connectivity index (χ0n) is 7.42. The third kappa shape index (κ3) is 4.56. The van der Waals surface area contributed by atoms with E-state index in [4.69, 9.17) is 0 Å². The maximum Gasteiger partial charge on any atom is 3.00 e. The zero-order valence-corrected chi connectivity index (χ0v) is 10.3. The molecule has 1 aliphatic rings. The summed E-state index contributed by atoms with van der Waals surface area (Å²) in [6.07, 6.45) is 1.05. The van der Waals surface area contributed by atoms with Crippen LogP contribution in [0.1, 0.15) is 6.42 Å². The van der Waals surface area contributed by atoms with Crippen molar-refractivity contribution in [3.8, 4) is 0 Å². The summed E-state index contributed by atoms with van der Waals surface area (Å²) in [6.45, 7) is 9.92. The Morgan fingerprint density at radius 3 is 2.18 bits per heavy atom. The van der Waals surface area contributed by atoms with E-state index < -0.39 is 0 Å². The van der Waals surface area contributed by atoms with Crippen LogP contribution < -0.4 is 0 Å². The Morgan fingerprint density at radius 1 is 1.18 bits per heavy atom. The smallest absolute Gasteiger partial charge is 0.342 e. The Labute approximate surface area is 95.2 Å². The fourth-order valence-electron chi connectivity index (χ4n) is 1.30. The summed E-state index contributed by atoms with van der Waals surface area (Å²) < 4.78 is 0. The first-order chi connectivity index (χ1) is 4.83. The van der Waals surface area contributed by atoms with E-state index in [-0.39, 0.29) is 32.7 Å². The molecule has 0 unspecified atom stereocenters. The molecule has 0 amide bonds. The third-order valence-electron chi connectivity index (χ3n) is 2.07. The van der Waals surface area contributed by atoms with Crippen LogP contribution in [0.15, 0.2) is 0 Å². The van der Waals surface area contributed by atoms with Crippen LogP contribution in [0, 0.1) is 6.92 Å². The zero-order chi connectivity index (χ0) is 7.40. The number of piperazine rings is 1. The quantitative estimate of drug-likeness (QED) is 0.636. The fourth-order valence-corrected chi connectivity index (χ4v) is 1.30. The molecular formula is C8H17N2Y+2. The summed E-state index contributed by atoms with van der Waals surface area (Å²) in [6, 6.07) is 0. The van der Waals surface area contributed by atoms with Gasteiger partial charge in [-0.05, 0) is 13.6 Å². The molecule has 0 saturated carbocycles. The second-order valence-electron chi connectivity index (χ2n) is 3.00. The standard InChI is InChI=1S/C8H17N2.Y/c1-3-4-10-7-5-9(2)6-8-10;/h1,3-8H2,2H3;/q-1;+3. The van der Waals surface area contributed by atoms with Crippen LogP contribution in [-0.2, 0) is 32.7 Å². The van der Waals surface area contributed by atoms with Crippen molar-refractivity contribution in [2.24, 2.45) is 0 Å². The second kappa shape index (κ2) is 6.53. The molecule has 2 nitrogen and oxygen atoms in total. The molecule has 0 spiro atoms. The van der Waals surface area contributed by atoms with Crippen LogP contribution in [-0.4, -0.2) is 49.6 Å². The summed E-state index contributed by atoms with van der Waals surface area (Å²) in [7, 11) is 2.18. The average Bonchev–Trinajstić information content (AvgIpc) is 1.95. The molecule has 1 aliphatic heterocycles. The number of likely N-dealkylation sites (N-methyl/N-ethyl adjacent to an activating group) is 1. The van der Waals surface area contributed by atoms with Gasteiger partial charge in [-0.3, -0.25) is 0 Å². The van der Waals surface area contributed by atoms with E-state index >= 15 is 0 Å². The molecule has 0 aromatic carbocycles. The van der Waals surface area contributed by atoms with Crippen LogP contribution in [0.2, 0.25) is 0 Å². The van der Waals surface area contributed by atoms with Crippen LogP contribution in [0.25, 0.3) is 0 Å². The Kier molecular flexibility index (Phi) is 7.14. The molecule has 0 aromatic rings. The van der Waals surface area contributed by atoms with Crippen LogP contribution in [0.4, 0.5) is 0 Å². The van der Waals surface area contributed by atoms with Gasteiger partial charge in [0.2, 0.25) is 0 Å². The summed E-state index contributed by atoms with van der Waals surface area (Å²) in [5.41, 5.74) is 0. The van der Waals surface area contributed by atoms with E-state index in [2.05, 4.69) is 23.8 Å². The topological polar surface area (TPSA) is 6.48 Å². The molecule has 1 saturated heterocycles. The first-order valence-electron chi connectivity index (χ1n) is 4.03. The predicted octanol–water partition coefficient (Wildman–Crippen LogP) is 0.455. The van der Waals surface area contributed by atoms with Crippen molar-refractivity contribution in [3.05, 3.63) is 6.92 Å². The molecule has 0 radical (unpaired) electrons. The molecule has 1 rings (SSSR count). The number of hydrogen-bond donors (Lipinski definition) is 0. The largest absolute Gasteiger partial charge is 3.00 e. The van der Waals surface area contributed by atoms with Gasteiger partial charge in [-0.2, -0.15) is 6.42 Å². The number of hydrogen-bond acceptors (Lipinski definition) is 2. The van der Waals surface area contributed by atoms with Gasteiger partial charge < -0.3 is 16.7 Å². The average molecular weight is 230 g/mol. The minimum absolute atomic E-state index is 0. The Morgan fingerprint density at radius 2 is 1.73 bits per heavy atom. The first kappa shape index (κ1) is 12.0. The summed E-state index contributed by atoms with van der Waals surface area (Å²) in [4.78, 5) is 4.85. The Bertz CT molecular complexity index is 90.1. The van der Waals surface area contributed by atoms with Crippen molar-refractivity contribution in [2.75, 3.05) is 39.8 Å². The van der Waals surface area contributed by atoms with E-state index in [0.717, 1.165) is 6.42 Å². The van der Waals surface area contributed by atoms with Crippen molar-refractivity contribution < 1.29 is 32.7 Å². The molecule has 0 aromatic heterocycles. The van der Waals surface area contributed by atoms with Gasteiger partial charge in [-0.1, -0.05) is 0 Å². The molecule has 3 heteroatoms. The number of rotatable bonds is 2. The van der Waals surface area contributed by atoms with Gasteiger partial charge in [-0.15, -0.1) is 0 Å². The van der Waals surface area contributed by atoms with Crippen LogP contribution >= 0.6 is 0 Å². The molecule has 0 N–H and O–H groups in total. The molecule has 1 heterocycles. The molecule has 60 valence electrons. The predicted molar refractivity (Wildman–Crippen MR) is 43.9 cm³/mol. The summed E-state index contributed by atoms with van der Waals surface area (Å²) >= 11 is 0.